The van der Waals surface area contributed by atoms with Crippen molar-refractivity contribution in [3.63, 3.8) is 0 Å². The summed E-state index contributed by atoms with van der Waals surface area (Å²) in [5.74, 6) is -1.27. The highest BCUT2D eigenvalue weighted by molar-refractivity contribution is 6.74. The Morgan fingerprint density at radius 3 is 2.17 bits per heavy atom. The van der Waals surface area contributed by atoms with Crippen molar-refractivity contribution in [1.82, 2.24) is 9.80 Å². The molecule has 0 aromatic heterocycles. The minimum Gasteiger partial charge on any atom is -0.510 e. The molecule has 0 radical (unpaired) electrons. The van der Waals surface area contributed by atoms with Gasteiger partial charge in [-0.15, -0.1) is 0 Å². The van der Waals surface area contributed by atoms with Crippen LogP contribution in [0.25, 0.3) is 0 Å². The fourth-order valence-electron chi connectivity index (χ4n) is 3.33. The molecule has 2 rings (SSSR count). The average Bonchev–Trinajstić information content (AvgIpc) is 3.05. The molecule has 2 aliphatic rings. The lowest BCUT2D eigenvalue weighted by Gasteiger charge is -2.38. The number of aliphatic hydroxyl groups excluding tert-OH is 1. The normalized spacial score (nSPS) is 25.6. The van der Waals surface area contributed by atoms with E-state index in [0.717, 1.165) is 11.0 Å². The molecule has 0 unspecified atom stereocenters. The predicted molar refractivity (Wildman–Crippen MR) is 115 cm³/mol. The fourth-order valence-corrected chi connectivity index (χ4v) is 4.69. The molecule has 8 nitrogen and oxygen atoms in total. The number of carbonyl (C=O) groups excluding carboxylic acids is 3. The van der Waals surface area contributed by atoms with Crippen molar-refractivity contribution in [2.75, 3.05) is 6.54 Å². The van der Waals surface area contributed by atoms with Crippen LogP contribution in [0.4, 0.5) is 4.79 Å². The first-order valence-corrected chi connectivity index (χ1v) is 13.3. The van der Waals surface area contributed by atoms with Gasteiger partial charge in [-0.05, 0) is 45.8 Å². The molecule has 1 N–H and O–H groups in total. The van der Waals surface area contributed by atoms with Gasteiger partial charge in [-0.1, -0.05) is 20.8 Å². The first-order valence-electron chi connectivity index (χ1n) is 10.4. The molecule has 170 valence electrons. The maximum atomic E-state index is 13.3. The molecule has 1 saturated heterocycles. The molecular weight excluding hydrogens is 404 g/mol. The van der Waals surface area contributed by atoms with Gasteiger partial charge in [0.1, 0.15) is 17.4 Å². The maximum absolute atomic E-state index is 13.3. The number of amides is 3. The van der Waals surface area contributed by atoms with E-state index in [1.54, 1.807) is 27.7 Å². The van der Waals surface area contributed by atoms with E-state index in [1.807, 2.05) is 0 Å². The second kappa shape index (κ2) is 7.99. The van der Waals surface area contributed by atoms with Gasteiger partial charge in [-0.2, -0.15) is 0 Å². The minimum atomic E-state index is -2.14. The van der Waals surface area contributed by atoms with Crippen LogP contribution >= 0.6 is 0 Å². The Labute approximate surface area is 180 Å². The summed E-state index contributed by atoms with van der Waals surface area (Å²) in [7, 11) is -2.14. The molecule has 30 heavy (non-hydrogen) atoms. The summed E-state index contributed by atoms with van der Waals surface area (Å²) >= 11 is 0. The molecule has 0 aliphatic carbocycles. The Morgan fingerprint density at radius 1 is 1.17 bits per heavy atom. The van der Waals surface area contributed by atoms with Gasteiger partial charge in [0.15, 0.2) is 8.32 Å². The van der Waals surface area contributed by atoms with Gasteiger partial charge in [0.05, 0.1) is 12.1 Å². The Morgan fingerprint density at radius 2 is 1.73 bits per heavy atom. The number of nitrogens with zero attached hydrogens (tertiary/aromatic N) is 2. The standard InChI is InChI=1S/C21H36N2O6Si/c1-13-16(24)11-17(25)23(13)18(26)15-10-14(29-30(8,9)21(5,6)7)12-22(15)19(27)28-20(2,3)4/h11,13-15,24H,10,12H2,1-9H3/t13-,14-,15-/m0/s1. The van der Waals surface area contributed by atoms with Gasteiger partial charge in [0.25, 0.3) is 11.8 Å². The minimum absolute atomic E-state index is 0.0268. The summed E-state index contributed by atoms with van der Waals surface area (Å²) in [6, 6.07) is -1.65. The van der Waals surface area contributed by atoms with Gasteiger partial charge in [-0.3, -0.25) is 19.4 Å². The third-order valence-corrected chi connectivity index (χ3v) is 10.5. The topological polar surface area (TPSA) is 96.4 Å². The molecule has 9 heteroatoms. The first-order chi connectivity index (χ1) is 13.4. The van der Waals surface area contributed by atoms with Gasteiger partial charge in [0.2, 0.25) is 0 Å². The van der Waals surface area contributed by atoms with Crippen LogP contribution in [0.1, 0.15) is 54.9 Å². The van der Waals surface area contributed by atoms with Crippen LogP contribution in [0.5, 0.6) is 0 Å². The number of imide groups is 1. The van der Waals surface area contributed by atoms with Crippen molar-refractivity contribution >= 4 is 26.2 Å². The van der Waals surface area contributed by atoms with Crippen molar-refractivity contribution in [3.8, 4) is 0 Å². The smallest absolute Gasteiger partial charge is 0.411 e. The predicted octanol–water partition coefficient (Wildman–Crippen LogP) is 3.59. The molecule has 3 atom stereocenters. The number of likely N-dealkylation sites (tertiary alicyclic amines) is 1. The van der Waals surface area contributed by atoms with Crippen LogP contribution in [0.3, 0.4) is 0 Å². The molecule has 0 spiro atoms. The Kier molecular flexibility index (Phi) is 6.50. The highest BCUT2D eigenvalue weighted by atomic mass is 28.4. The van der Waals surface area contributed by atoms with Crippen molar-refractivity contribution in [3.05, 3.63) is 11.8 Å². The third kappa shape index (κ3) is 5.05. The molecule has 1 fully saturated rings. The molecule has 0 bridgehead atoms. The number of hydrogen-bond acceptors (Lipinski definition) is 6. The van der Waals surface area contributed by atoms with Crippen LogP contribution in [-0.4, -0.2) is 71.5 Å². The summed E-state index contributed by atoms with van der Waals surface area (Å²) in [6.45, 7) is 17.7. The van der Waals surface area contributed by atoms with Crippen molar-refractivity contribution in [1.29, 1.82) is 0 Å². The van der Waals surface area contributed by atoms with E-state index in [4.69, 9.17) is 9.16 Å². The molecule has 0 aromatic carbocycles. The molecule has 2 aliphatic heterocycles. The van der Waals surface area contributed by atoms with Crippen molar-refractivity contribution in [2.24, 2.45) is 0 Å². The van der Waals surface area contributed by atoms with Crippen LogP contribution in [0.15, 0.2) is 11.8 Å². The Hall–Kier alpha value is -1.87. The lowest BCUT2D eigenvalue weighted by atomic mass is 10.1. The highest BCUT2D eigenvalue weighted by Crippen LogP contribution is 2.39. The van der Waals surface area contributed by atoms with Crippen LogP contribution in [-0.2, 0) is 18.8 Å². The number of aliphatic hydroxyl groups is 1. The first kappa shape index (κ1) is 24.4. The zero-order valence-electron chi connectivity index (χ0n) is 19.6. The van der Waals surface area contributed by atoms with E-state index in [2.05, 4.69) is 33.9 Å². The second-order valence-corrected chi connectivity index (χ2v) is 15.4. The summed E-state index contributed by atoms with van der Waals surface area (Å²) in [4.78, 5) is 40.8. The van der Waals surface area contributed by atoms with E-state index in [9.17, 15) is 19.5 Å². The Balaban J connectivity index is 2.29. The number of carbonyl (C=O) groups is 3. The van der Waals surface area contributed by atoms with Gasteiger partial charge < -0.3 is 14.3 Å². The van der Waals surface area contributed by atoms with Gasteiger partial charge in [0, 0.05) is 19.0 Å². The molecule has 2 heterocycles. The molecule has 3 amide bonds. The zero-order valence-corrected chi connectivity index (χ0v) is 20.6. The van der Waals surface area contributed by atoms with Crippen molar-refractivity contribution < 1.29 is 28.7 Å². The van der Waals surface area contributed by atoms with E-state index in [-0.39, 0.29) is 29.9 Å². The second-order valence-electron chi connectivity index (χ2n) is 10.7. The van der Waals surface area contributed by atoms with Gasteiger partial charge >= 0.3 is 6.09 Å². The number of ether oxygens (including phenoxy) is 1. The van der Waals surface area contributed by atoms with Crippen LogP contribution < -0.4 is 0 Å². The quantitative estimate of drug-likeness (QED) is 0.532. The summed E-state index contributed by atoms with van der Waals surface area (Å²) in [5.41, 5.74) is -0.723. The van der Waals surface area contributed by atoms with E-state index in [1.165, 1.54) is 4.90 Å². The van der Waals surface area contributed by atoms with E-state index >= 15 is 0 Å². The lowest BCUT2D eigenvalue weighted by molar-refractivity contribution is -0.146. The largest absolute Gasteiger partial charge is 0.510 e. The summed E-state index contributed by atoms with van der Waals surface area (Å²) in [5, 5.41) is 9.85. The van der Waals surface area contributed by atoms with E-state index in [0.29, 0.717) is 0 Å². The van der Waals surface area contributed by atoms with E-state index < -0.39 is 43.9 Å². The van der Waals surface area contributed by atoms with Crippen LogP contribution in [0, 0.1) is 0 Å². The van der Waals surface area contributed by atoms with Crippen molar-refractivity contribution in [2.45, 2.75) is 96.8 Å². The summed E-state index contributed by atoms with van der Waals surface area (Å²) < 4.78 is 12.0. The highest BCUT2D eigenvalue weighted by Gasteiger charge is 2.49. The van der Waals surface area contributed by atoms with Gasteiger partial charge in [-0.25, -0.2) is 4.79 Å². The average molecular weight is 441 g/mol. The zero-order chi connectivity index (χ0) is 23.2. The van der Waals surface area contributed by atoms with Crippen LogP contribution in [0.2, 0.25) is 18.1 Å². The monoisotopic (exact) mass is 440 g/mol. The molecule has 0 saturated carbocycles. The SMILES string of the molecule is C[C@H]1C(O)=CC(=O)N1C(=O)[C@@H]1C[C@H](O[Si](C)(C)C(C)(C)C)CN1C(=O)OC(C)(C)C. The number of rotatable bonds is 3. The fraction of sp³-hybridized carbons (Fsp3) is 0.762. The molecular formula is C21H36N2O6Si. The third-order valence-electron chi connectivity index (χ3n) is 6.00. The Bertz CT molecular complexity index is 750. The maximum Gasteiger partial charge on any atom is 0.411 e. The number of hydrogen-bond donors (Lipinski definition) is 1. The molecule has 0 aromatic rings. The summed E-state index contributed by atoms with van der Waals surface area (Å²) in [6.07, 6.45) is 0.376. The lowest BCUT2D eigenvalue weighted by Crippen LogP contribution is -2.51.